The lowest BCUT2D eigenvalue weighted by molar-refractivity contribution is -0.117. The molecule has 0 radical (unpaired) electrons. The number of benzene rings is 3. The van der Waals surface area contributed by atoms with Crippen LogP contribution in [0.15, 0.2) is 103 Å². The molecule has 0 aliphatic heterocycles. The molecule has 0 saturated carbocycles. The number of carbonyl (C=O) groups is 3. The van der Waals surface area contributed by atoms with E-state index in [2.05, 4.69) is 6.58 Å². The summed E-state index contributed by atoms with van der Waals surface area (Å²) in [6.45, 7) is 3.77. The zero-order chi connectivity index (χ0) is 29.2. The molecule has 1 aliphatic rings. The number of ether oxygens (including phenoxy) is 4. The van der Waals surface area contributed by atoms with Crippen molar-refractivity contribution in [3.05, 3.63) is 120 Å². The highest BCUT2D eigenvalue weighted by Gasteiger charge is 2.26. The lowest BCUT2D eigenvalue weighted by atomic mass is 9.85. The average molecular weight is 543 g/mol. The van der Waals surface area contributed by atoms with E-state index in [0.29, 0.717) is 16.9 Å². The van der Waals surface area contributed by atoms with Gasteiger partial charge in [0.15, 0.2) is 11.5 Å². The molecule has 0 fully saturated rings. The van der Waals surface area contributed by atoms with Crippen LogP contribution in [0.4, 0.5) is 0 Å². The third-order valence-electron chi connectivity index (χ3n) is 6.12. The van der Waals surface area contributed by atoms with Crippen molar-refractivity contribution in [3.63, 3.8) is 0 Å². The van der Waals surface area contributed by atoms with Crippen molar-refractivity contribution >= 4 is 17.3 Å². The molecule has 1 N–H and O–H groups in total. The fourth-order valence-electron chi connectivity index (χ4n) is 4.03. The van der Waals surface area contributed by atoms with Crippen LogP contribution in [-0.4, -0.2) is 50.9 Å². The first-order valence-corrected chi connectivity index (χ1v) is 12.1. The van der Waals surface area contributed by atoms with E-state index < -0.39 is 0 Å². The monoisotopic (exact) mass is 542 g/mol. The third-order valence-corrected chi connectivity index (χ3v) is 6.12. The van der Waals surface area contributed by atoms with Crippen LogP contribution >= 0.6 is 0 Å². The fraction of sp³-hybridized carbons (Fsp3) is 0.156. The molecule has 1 atom stereocenters. The van der Waals surface area contributed by atoms with E-state index in [4.69, 9.17) is 18.9 Å². The summed E-state index contributed by atoms with van der Waals surface area (Å²) in [6.07, 6.45) is 4.18. The summed E-state index contributed by atoms with van der Waals surface area (Å²) >= 11 is 0. The summed E-state index contributed by atoms with van der Waals surface area (Å²) in [5.74, 6) is 0.137. The maximum Gasteiger partial charge on any atom is 0.220 e. The number of ketones is 3. The number of phenolic OH excluding ortho intramolecular Hbond substituents is 1. The van der Waals surface area contributed by atoms with Gasteiger partial charge < -0.3 is 24.1 Å². The zero-order valence-corrected chi connectivity index (χ0v) is 22.7. The highest BCUT2D eigenvalue weighted by Crippen LogP contribution is 2.35. The molecule has 0 aromatic heterocycles. The van der Waals surface area contributed by atoms with Crippen LogP contribution in [0.2, 0.25) is 0 Å². The molecule has 206 valence electrons. The molecule has 0 saturated heterocycles. The standard InChI is InChI=1S/C17H16O4.C15H14O4/c1-4-13(11-5-7-12(20-2)8-6-11)14-9-16(19)17(21-3)10-15(14)18;1-18-11-8-12(16)14(13(9-11)19-2)15(17)10-6-4-3-5-7-10/h4-10,13H,1H2,2-3H3;3-9,16H,1-2H3. The second kappa shape index (κ2) is 13.6. The van der Waals surface area contributed by atoms with Gasteiger partial charge in [0.2, 0.25) is 11.6 Å². The smallest absolute Gasteiger partial charge is 0.220 e. The Labute approximate surface area is 232 Å². The number of methoxy groups -OCH3 is 4. The van der Waals surface area contributed by atoms with Crippen molar-refractivity contribution in [1.82, 2.24) is 0 Å². The summed E-state index contributed by atoms with van der Waals surface area (Å²) in [4.78, 5) is 36.4. The van der Waals surface area contributed by atoms with E-state index in [1.807, 2.05) is 18.2 Å². The number of allylic oxidation sites excluding steroid dienone is 4. The molecular formula is C32H30O8. The quantitative estimate of drug-likeness (QED) is 0.223. The topological polar surface area (TPSA) is 108 Å². The van der Waals surface area contributed by atoms with Crippen molar-refractivity contribution in [2.45, 2.75) is 5.92 Å². The SMILES string of the molecule is C=CC(C1=CC(=O)C(OC)=CC1=O)c1ccc(OC)cc1.COc1cc(O)c(C(=O)c2ccccc2)c(OC)c1. The molecule has 3 aromatic rings. The van der Waals surface area contributed by atoms with Gasteiger partial charge in [0.1, 0.15) is 28.6 Å². The first kappa shape index (κ1) is 29.4. The molecular weight excluding hydrogens is 512 g/mol. The molecule has 3 aromatic carbocycles. The predicted octanol–water partition coefficient (Wildman–Crippen LogP) is 5.21. The van der Waals surface area contributed by atoms with Gasteiger partial charge >= 0.3 is 0 Å². The van der Waals surface area contributed by atoms with Crippen LogP contribution in [0.3, 0.4) is 0 Å². The van der Waals surface area contributed by atoms with Gasteiger partial charge in [-0.1, -0.05) is 48.5 Å². The molecule has 1 aliphatic carbocycles. The minimum Gasteiger partial charge on any atom is -0.507 e. The van der Waals surface area contributed by atoms with Crippen molar-refractivity contribution in [2.24, 2.45) is 0 Å². The largest absolute Gasteiger partial charge is 0.507 e. The van der Waals surface area contributed by atoms with Crippen LogP contribution in [0.1, 0.15) is 27.4 Å². The Bertz CT molecular complexity index is 1450. The lowest BCUT2D eigenvalue weighted by Gasteiger charge is -2.18. The Hall–Kier alpha value is -5.11. The average Bonchev–Trinajstić information content (AvgIpc) is 2.99. The van der Waals surface area contributed by atoms with Gasteiger partial charge in [0.25, 0.3) is 0 Å². The van der Waals surface area contributed by atoms with E-state index in [1.54, 1.807) is 55.7 Å². The summed E-state index contributed by atoms with van der Waals surface area (Å²) in [5.41, 5.74) is 1.88. The number of hydrogen-bond acceptors (Lipinski definition) is 8. The second-order valence-corrected chi connectivity index (χ2v) is 8.45. The van der Waals surface area contributed by atoms with Gasteiger partial charge in [-0.2, -0.15) is 0 Å². The Kier molecular flexibility index (Phi) is 10.0. The van der Waals surface area contributed by atoms with E-state index in [0.717, 1.165) is 11.3 Å². The normalized spacial score (nSPS) is 13.1. The van der Waals surface area contributed by atoms with Gasteiger partial charge in [0.05, 0.1) is 28.4 Å². The first-order chi connectivity index (χ1) is 19.3. The van der Waals surface area contributed by atoms with Gasteiger partial charge in [-0.25, -0.2) is 0 Å². The maximum absolute atomic E-state index is 12.4. The van der Waals surface area contributed by atoms with Crippen LogP contribution in [0.5, 0.6) is 23.0 Å². The predicted molar refractivity (Wildman–Crippen MR) is 150 cm³/mol. The Balaban J connectivity index is 0.000000222. The number of carbonyl (C=O) groups excluding carboxylic acids is 3. The molecule has 0 bridgehead atoms. The van der Waals surface area contributed by atoms with E-state index in [-0.39, 0.29) is 46.1 Å². The van der Waals surface area contributed by atoms with Gasteiger partial charge in [-0.05, 0) is 23.8 Å². The van der Waals surface area contributed by atoms with Crippen LogP contribution in [0, 0.1) is 0 Å². The Morgan fingerprint density at radius 3 is 2.00 bits per heavy atom. The Morgan fingerprint density at radius 2 is 1.45 bits per heavy atom. The summed E-state index contributed by atoms with van der Waals surface area (Å²) < 4.78 is 20.2. The van der Waals surface area contributed by atoms with E-state index in [1.165, 1.54) is 39.5 Å². The van der Waals surface area contributed by atoms with Crippen molar-refractivity contribution in [1.29, 1.82) is 0 Å². The third kappa shape index (κ3) is 6.66. The maximum atomic E-state index is 12.4. The zero-order valence-electron chi connectivity index (χ0n) is 22.7. The molecule has 0 amide bonds. The minimum absolute atomic E-state index is 0.0568. The summed E-state index contributed by atoms with van der Waals surface area (Å²) in [7, 11) is 5.87. The molecule has 0 heterocycles. The lowest BCUT2D eigenvalue weighted by Crippen LogP contribution is -2.18. The molecule has 8 nitrogen and oxygen atoms in total. The van der Waals surface area contributed by atoms with E-state index >= 15 is 0 Å². The first-order valence-electron chi connectivity index (χ1n) is 12.1. The molecule has 1 unspecified atom stereocenters. The van der Waals surface area contributed by atoms with Gasteiger partial charge in [-0.15, -0.1) is 6.58 Å². The minimum atomic E-state index is -0.345. The fourth-order valence-corrected chi connectivity index (χ4v) is 4.03. The van der Waals surface area contributed by atoms with Crippen LogP contribution < -0.4 is 14.2 Å². The number of rotatable bonds is 9. The van der Waals surface area contributed by atoms with Crippen LogP contribution in [0.25, 0.3) is 0 Å². The van der Waals surface area contributed by atoms with E-state index in [9.17, 15) is 19.5 Å². The molecule has 0 spiro atoms. The molecule has 8 heteroatoms. The second-order valence-electron chi connectivity index (χ2n) is 8.45. The Morgan fingerprint density at radius 1 is 0.800 bits per heavy atom. The molecule has 40 heavy (non-hydrogen) atoms. The highest BCUT2D eigenvalue weighted by molar-refractivity contribution is 6.19. The highest BCUT2D eigenvalue weighted by atomic mass is 16.5. The summed E-state index contributed by atoms with van der Waals surface area (Å²) in [5, 5.41) is 9.99. The number of hydrogen-bond donors (Lipinski definition) is 1. The van der Waals surface area contributed by atoms with Crippen molar-refractivity contribution in [2.75, 3.05) is 28.4 Å². The number of aromatic hydroxyl groups is 1. The molecule has 4 rings (SSSR count). The number of phenols is 1. The van der Waals surface area contributed by atoms with Crippen molar-refractivity contribution < 1.29 is 38.4 Å². The summed E-state index contributed by atoms with van der Waals surface area (Å²) in [6, 6.07) is 19.0. The van der Waals surface area contributed by atoms with Gasteiger partial charge in [-0.3, -0.25) is 14.4 Å². The van der Waals surface area contributed by atoms with Gasteiger partial charge in [0, 0.05) is 35.3 Å². The van der Waals surface area contributed by atoms with Crippen LogP contribution in [-0.2, 0) is 14.3 Å². The van der Waals surface area contributed by atoms with Crippen molar-refractivity contribution in [3.8, 4) is 23.0 Å².